The van der Waals surface area contributed by atoms with Crippen molar-refractivity contribution in [3.05, 3.63) is 11.6 Å². The zero-order valence-corrected chi connectivity index (χ0v) is 11.3. The van der Waals surface area contributed by atoms with Gasteiger partial charge in [-0.1, -0.05) is 32.4 Å². The van der Waals surface area contributed by atoms with Crippen LogP contribution in [-0.2, 0) is 4.74 Å². The van der Waals surface area contributed by atoms with Crippen LogP contribution in [-0.4, -0.2) is 25.8 Å². The van der Waals surface area contributed by atoms with Gasteiger partial charge in [0.2, 0.25) is 0 Å². The summed E-state index contributed by atoms with van der Waals surface area (Å²) in [6.07, 6.45) is 7.88. The number of likely N-dealkylation sites (N-methyl/N-ethyl adjacent to an activating group) is 1. The van der Waals surface area contributed by atoms with Crippen molar-refractivity contribution in [3.8, 4) is 0 Å². The van der Waals surface area contributed by atoms with E-state index in [0.717, 1.165) is 6.54 Å². The van der Waals surface area contributed by atoms with Crippen LogP contribution in [0.25, 0.3) is 0 Å². The Balaban J connectivity index is 2.74. The van der Waals surface area contributed by atoms with E-state index in [2.05, 4.69) is 32.2 Å². The molecular formula is C14H27NO. The van der Waals surface area contributed by atoms with Crippen molar-refractivity contribution in [3.63, 3.8) is 0 Å². The Kier molecular flexibility index (Phi) is 6.07. The molecule has 0 amide bonds. The Labute approximate surface area is 100 Å². The predicted molar refractivity (Wildman–Crippen MR) is 69.7 cm³/mol. The smallest absolute Gasteiger partial charge is 0.0785 e. The van der Waals surface area contributed by atoms with Gasteiger partial charge in [0, 0.05) is 7.11 Å². The van der Waals surface area contributed by atoms with Gasteiger partial charge in [0.25, 0.3) is 0 Å². The first kappa shape index (κ1) is 13.7. The van der Waals surface area contributed by atoms with Gasteiger partial charge in [-0.2, -0.15) is 0 Å². The van der Waals surface area contributed by atoms with Gasteiger partial charge in [-0.3, -0.25) is 0 Å². The molecule has 0 aliphatic heterocycles. The molecule has 2 atom stereocenters. The van der Waals surface area contributed by atoms with E-state index < -0.39 is 0 Å². The lowest BCUT2D eigenvalue weighted by molar-refractivity contribution is 0.0422. The summed E-state index contributed by atoms with van der Waals surface area (Å²) in [7, 11) is 1.83. The maximum atomic E-state index is 5.68. The number of hydrogen-bond acceptors (Lipinski definition) is 2. The topological polar surface area (TPSA) is 21.3 Å². The molecule has 0 bridgehead atoms. The molecule has 0 fully saturated rings. The molecule has 0 radical (unpaired) electrons. The molecule has 94 valence electrons. The van der Waals surface area contributed by atoms with Crippen molar-refractivity contribution in [2.24, 2.45) is 5.92 Å². The van der Waals surface area contributed by atoms with Crippen LogP contribution in [0.15, 0.2) is 11.6 Å². The van der Waals surface area contributed by atoms with Gasteiger partial charge < -0.3 is 10.1 Å². The second-order valence-corrected chi connectivity index (χ2v) is 5.00. The maximum absolute atomic E-state index is 5.68. The first-order chi connectivity index (χ1) is 7.70. The lowest BCUT2D eigenvalue weighted by Gasteiger charge is -2.33. The largest absolute Gasteiger partial charge is 0.379 e. The van der Waals surface area contributed by atoms with Crippen LogP contribution >= 0.6 is 0 Å². The molecular weight excluding hydrogens is 198 g/mol. The molecule has 0 spiro atoms. The zero-order chi connectivity index (χ0) is 12.0. The Hall–Kier alpha value is -0.340. The minimum absolute atomic E-state index is 0.296. The van der Waals surface area contributed by atoms with E-state index in [1.807, 2.05) is 7.11 Å². The maximum Gasteiger partial charge on any atom is 0.0785 e. The number of methoxy groups -OCH3 is 1. The van der Waals surface area contributed by atoms with Gasteiger partial charge in [-0.15, -0.1) is 0 Å². The van der Waals surface area contributed by atoms with Crippen LogP contribution in [0.5, 0.6) is 0 Å². The molecule has 0 saturated carbocycles. The summed E-state index contributed by atoms with van der Waals surface area (Å²) in [5.41, 5.74) is 1.56. The average molecular weight is 225 g/mol. The highest BCUT2D eigenvalue weighted by molar-refractivity contribution is 5.16. The molecule has 0 aromatic rings. The zero-order valence-electron chi connectivity index (χ0n) is 11.3. The first-order valence-electron chi connectivity index (χ1n) is 6.65. The van der Waals surface area contributed by atoms with E-state index in [-0.39, 0.29) is 0 Å². The number of rotatable bonds is 6. The number of allylic oxidation sites excluding steroid dienone is 1. The van der Waals surface area contributed by atoms with Crippen molar-refractivity contribution in [1.82, 2.24) is 5.32 Å². The van der Waals surface area contributed by atoms with Gasteiger partial charge >= 0.3 is 0 Å². The summed E-state index contributed by atoms with van der Waals surface area (Å²) in [4.78, 5) is 0. The molecule has 1 N–H and O–H groups in total. The van der Waals surface area contributed by atoms with Gasteiger partial charge in [-0.25, -0.2) is 0 Å². The Bertz CT molecular complexity index is 223. The van der Waals surface area contributed by atoms with E-state index in [1.54, 1.807) is 5.57 Å². The molecule has 0 saturated heterocycles. The number of ether oxygens (including phenoxy) is 1. The highest BCUT2D eigenvalue weighted by atomic mass is 16.5. The highest BCUT2D eigenvalue weighted by Gasteiger charge is 2.27. The summed E-state index contributed by atoms with van der Waals surface area (Å²) in [5, 5.41) is 3.59. The Morgan fingerprint density at radius 1 is 1.38 bits per heavy atom. The van der Waals surface area contributed by atoms with E-state index in [1.165, 1.54) is 25.7 Å². The Morgan fingerprint density at radius 2 is 2.12 bits per heavy atom. The standard InChI is InChI=1S/C14H27NO/c1-5-15-13(14(16-4)11(2)3)12-9-7-6-8-10-12/h9,11,13-15H,5-8,10H2,1-4H3. The van der Waals surface area contributed by atoms with Crippen molar-refractivity contribution in [2.75, 3.05) is 13.7 Å². The fourth-order valence-corrected chi connectivity index (χ4v) is 2.62. The normalized spacial score (nSPS) is 20.7. The van der Waals surface area contributed by atoms with Crippen LogP contribution in [0, 0.1) is 5.92 Å². The molecule has 2 unspecified atom stereocenters. The number of hydrogen-bond donors (Lipinski definition) is 1. The van der Waals surface area contributed by atoms with Crippen molar-refractivity contribution in [2.45, 2.75) is 58.6 Å². The van der Waals surface area contributed by atoms with Crippen LogP contribution in [0.1, 0.15) is 46.5 Å². The Morgan fingerprint density at radius 3 is 2.56 bits per heavy atom. The minimum atomic E-state index is 0.296. The predicted octanol–water partition coefficient (Wildman–Crippen LogP) is 3.14. The SMILES string of the molecule is CCNC(C1=CCCCC1)C(OC)C(C)C. The third-order valence-electron chi connectivity index (χ3n) is 3.41. The molecule has 1 rings (SSSR count). The number of nitrogens with one attached hydrogen (secondary N) is 1. The summed E-state index contributed by atoms with van der Waals surface area (Å²) in [5.74, 6) is 0.553. The van der Waals surface area contributed by atoms with Gasteiger partial charge in [0.15, 0.2) is 0 Å². The molecule has 0 heterocycles. The van der Waals surface area contributed by atoms with Crippen LogP contribution < -0.4 is 5.32 Å². The quantitative estimate of drug-likeness (QED) is 0.701. The minimum Gasteiger partial charge on any atom is -0.379 e. The van der Waals surface area contributed by atoms with Crippen LogP contribution in [0.2, 0.25) is 0 Å². The van der Waals surface area contributed by atoms with Crippen molar-refractivity contribution in [1.29, 1.82) is 0 Å². The van der Waals surface area contributed by atoms with Gasteiger partial charge in [-0.05, 0) is 38.1 Å². The summed E-state index contributed by atoms with van der Waals surface area (Å²) < 4.78 is 5.68. The fourth-order valence-electron chi connectivity index (χ4n) is 2.62. The average Bonchev–Trinajstić information content (AvgIpc) is 2.29. The summed E-state index contributed by atoms with van der Waals surface area (Å²) >= 11 is 0. The monoisotopic (exact) mass is 225 g/mol. The van der Waals surface area contributed by atoms with Crippen LogP contribution in [0.3, 0.4) is 0 Å². The van der Waals surface area contributed by atoms with Crippen LogP contribution in [0.4, 0.5) is 0 Å². The van der Waals surface area contributed by atoms with E-state index in [4.69, 9.17) is 4.74 Å². The third kappa shape index (κ3) is 3.60. The second kappa shape index (κ2) is 7.08. The second-order valence-electron chi connectivity index (χ2n) is 5.00. The third-order valence-corrected chi connectivity index (χ3v) is 3.41. The van der Waals surface area contributed by atoms with Gasteiger partial charge in [0.1, 0.15) is 0 Å². The molecule has 2 heteroatoms. The molecule has 2 nitrogen and oxygen atoms in total. The molecule has 0 aromatic carbocycles. The highest BCUT2D eigenvalue weighted by Crippen LogP contribution is 2.25. The lowest BCUT2D eigenvalue weighted by atomic mass is 9.87. The molecule has 1 aliphatic rings. The summed E-state index contributed by atoms with van der Waals surface area (Å²) in [6, 6.07) is 0.412. The fraction of sp³-hybridized carbons (Fsp3) is 0.857. The lowest BCUT2D eigenvalue weighted by Crippen LogP contribution is -2.45. The van der Waals surface area contributed by atoms with E-state index in [0.29, 0.717) is 18.1 Å². The van der Waals surface area contributed by atoms with Crippen molar-refractivity contribution >= 4 is 0 Å². The van der Waals surface area contributed by atoms with Crippen molar-refractivity contribution < 1.29 is 4.74 Å². The first-order valence-corrected chi connectivity index (χ1v) is 6.65. The molecule has 0 aromatic heterocycles. The van der Waals surface area contributed by atoms with E-state index in [9.17, 15) is 0 Å². The summed E-state index contributed by atoms with van der Waals surface area (Å²) in [6.45, 7) is 7.65. The molecule has 1 aliphatic carbocycles. The van der Waals surface area contributed by atoms with E-state index >= 15 is 0 Å². The molecule has 16 heavy (non-hydrogen) atoms. The van der Waals surface area contributed by atoms with Gasteiger partial charge in [0.05, 0.1) is 12.1 Å².